The number of nitriles is 1. The Kier molecular flexibility index (Phi) is 5.78. The molecule has 33 heavy (non-hydrogen) atoms. The van der Waals surface area contributed by atoms with E-state index in [2.05, 4.69) is 13.8 Å². The molecule has 3 nitrogen and oxygen atoms in total. The Morgan fingerprint density at radius 1 is 1.15 bits per heavy atom. The van der Waals surface area contributed by atoms with Crippen molar-refractivity contribution in [3.8, 4) is 11.8 Å². The lowest BCUT2D eigenvalue weighted by Gasteiger charge is -2.58. The summed E-state index contributed by atoms with van der Waals surface area (Å²) < 4.78 is 35.5. The van der Waals surface area contributed by atoms with E-state index in [9.17, 15) is 14.4 Å². The van der Waals surface area contributed by atoms with Crippen LogP contribution < -0.4 is 4.74 Å². The highest BCUT2D eigenvalue weighted by Gasteiger charge is 2.62. The van der Waals surface area contributed by atoms with Crippen molar-refractivity contribution in [1.29, 1.82) is 5.26 Å². The van der Waals surface area contributed by atoms with Crippen molar-refractivity contribution in [3.05, 3.63) is 29.6 Å². The molecule has 5 rings (SSSR count). The van der Waals surface area contributed by atoms with Crippen molar-refractivity contribution in [2.24, 2.45) is 40.9 Å². The van der Waals surface area contributed by atoms with Crippen LogP contribution in [-0.4, -0.2) is 18.1 Å². The fourth-order valence-electron chi connectivity index (χ4n) is 8.49. The zero-order valence-electron chi connectivity index (χ0n) is 19.8. The maximum Gasteiger partial charge on any atom is 0.173 e. The molecule has 0 saturated heterocycles. The average Bonchev–Trinajstić information content (AvgIpc) is 3.15. The molecule has 0 bridgehead atoms. The van der Waals surface area contributed by atoms with E-state index in [0.717, 1.165) is 63.9 Å². The number of fused-ring (bicyclic) bond motifs is 5. The Bertz CT molecular complexity index is 973. The Morgan fingerprint density at radius 3 is 2.76 bits per heavy atom. The van der Waals surface area contributed by atoms with Gasteiger partial charge in [0.05, 0.1) is 5.56 Å². The maximum absolute atomic E-state index is 16.4. The van der Waals surface area contributed by atoms with Gasteiger partial charge in [0.1, 0.15) is 29.9 Å². The van der Waals surface area contributed by atoms with Gasteiger partial charge in [-0.3, -0.25) is 4.79 Å². The number of nitrogens with zero attached hydrogens (tertiary/aromatic N) is 1. The van der Waals surface area contributed by atoms with Gasteiger partial charge < -0.3 is 4.74 Å². The summed E-state index contributed by atoms with van der Waals surface area (Å²) >= 11 is 0. The van der Waals surface area contributed by atoms with Gasteiger partial charge in [-0.15, -0.1) is 0 Å². The zero-order chi connectivity index (χ0) is 23.4. The molecule has 8 unspecified atom stereocenters. The molecule has 1 aromatic rings. The fraction of sp³-hybridized carbons (Fsp3) is 0.714. The molecule has 0 amide bonds. The highest BCUT2D eigenvalue weighted by atomic mass is 19.1. The minimum atomic E-state index is -1.00. The molecule has 8 atom stereocenters. The van der Waals surface area contributed by atoms with Gasteiger partial charge in [-0.25, -0.2) is 8.78 Å². The SMILES string of the molecule is CC1CCC2(F)C(CCC3C4CCC(C(=O)COc5ccc(F)cc5C#N)C4(C)CCC32)C1. The standard InChI is InChI=1S/C28H35F2NO2/c1-17-9-12-28(30)19(13-17)3-5-21-22-6-7-24(27(22,2)11-10-23(21)28)25(32)16-33-26-8-4-20(29)14-18(26)15-31/h4,8,14,17,19,21-24H,3,5-7,9-13,16H2,1-2H3. The maximum atomic E-state index is 16.4. The Labute approximate surface area is 195 Å². The highest BCUT2D eigenvalue weighted by molar-refractivity contribution is 5.83. The summed E-state index contributed by atoms with van der Waals surface area (Å²) in [5, 5.41) is 9.23. The topological polar surface area (TPSA) is 50.1 Å². The molecule has 4 saturated carbocycles. The molecule has 0 radical (unpaired) electrons. The third-order valence-electron chi connectivity index (χ3n) is 10.1. The van der Waals surface area contributed by atoms with Crippen LogP contribution in [0.4, 0.5) is 8.78 Å². The molecule has 1 aromatic carbocycles. The lowest BCUT2D eigenvalue weighted by molar-refractivity contribution is -0.146. The van der Waals surface area contributed by atoms with E-state index in [1.54, 1.807) is 0 Å². The molecular formula is C28H35F2NO2. The number of alkyl halides is 1. The number of Topliss-reactive ketones (excluding diaryl/α,β-unsaturated/α-hetero) is 1. The van der Waals surface area contributed by atoms with Gasteiger partial charge in [0.15, 0.2) is 5.78 Å². The zero-order valence-corrected chi connectivity index (χ0v) is 19.8. The van der Waals surface area contributed by atoms with E-state index in [-0.39, 0.29) is 46.9 Å². The largest absolute Gasteiger partial charge is 0.484 e. The van der Waals surface area contributed by atoms with Crippen LogP contribution in [0.3, 0.4) is 0 Å². The first-order valence-electron chi connectivity index (χ1n) is 12.8. The van der Waals surface area contributed by atoms with E-state index in [1.165, 1.54) is 12.1 Å². The van der Waals surface area contributed by atoms with Crippen molar-refractivity contribution in [2.45, 2.75) is 77.3 Å². The molecule has 4 aliphatic carbocycles. The number of benzene rings is 1. The van der Waals surface area contributed by atoms with E-state index >= 15 is 4.39 Å². The minimum absolute atomic E-state index is 0.0572. The van der Waals surface area contributed by atoms with Crippen LogP contribution in [0.2, 0.25) is 0 Å². The molecule has 0 heterocycles. The number of hydrogen-bond donors (Lipinski definition) is 0. The van der Waals surface area contributed by atoms with E-state index in [4.69, 9.17) is 4.74 Å². The third-order valence-corrected chi connectivity index (χ3v) is 10.1. The van der Waals surface area contributed by atoms with E-state index in [1.807, 2.05) is 6.07 Å². The molecule has 0 N–H and O–H groups in total. The van der Waals surface area contributed by atoms with Crippen molar-refractivity contribution in [1.82, 2.24) is 0 Å². The second-order valence-electron chi connectivity index (χ2n) is 11.6. The van der Waals surface area contributed by atoms with Gasteiger partial charge in [-0.1, -0.05) is 13.8 Å². The molecule has 178 valence electrons. The minimum Gasteiger partial charge on any atom is -0.484 e. The van der Waals surface area contributed by atoms with E-state index in [0.29, 0.717) is 17.8 Å². The lowest BCUT2D eigenvalue weighted by atomic mass is 9.48. The number of halogens is 2. The molecule has 0 aliphatic heterocycles. The summed E-state index contributed by atoms with van der Waals surface area (Å²) in [6, 6.07) is 5.71. The smallest absolute Gasteiger partial charge is 0.173 e. The lowest BCUT2D eigenvalue weighted by Crippen LogP contribution is -2.56. The number of carbonyl (C=O) groups excluding carboxylic acids is 1. The Balaban J connectivity index is 1.29. The summed E-state index contributed by atoms with van der Waals surface area (Å²) in [7, 11) is 0. The first kappa shape index (κ1) is 22.8. The Morgan fingerprint density at radius 2 is 1.97 bits per heavy atom. The molecular weight excluding hydrogens is 420 g/mol. The second kappa shape index (κ2) is 8.36. The van der Waals surface area contributed by atoms with Crippen molar-refractivity contribution in [2.75, 3.05) is 6.61 Å². The predicted octanol–water partition coefficient (Wildman–Crippen LogP) is 6.64. The molecule has 4 fully saturated rings. The molecule has 5 heteroatoms. The van der Waals surface area contributed by atoms with Crippen LogP contribution in [0, 0.1) is 58.1 Å². The molecule has 4 aliphatic rings. The number of rotatable bonds is 4. The first-order valence-corrected chi connectivity index (χ1v) is 12.8. The summed E-state index contributed by atoms with van der Waals surface area (Å²) in [6.45, 7) is 4.42. The summed E-state index contributed by atoms with van der Waals surface area (Å²) in [4.78, 5) is 13.3. The van der Waals surface area contributed by atoms with Gasteiger partial charge in [0.25, 0.3) is 0 Å². The van der Waals surface area contributed by atoms with Crippen LogP contribution >= 0.6 is 0 Å². The third kappa shape index (κ3) is 3.69. The van der Waals surface area contributed by atoms with Crippen molar-refractivity contribution in [3.63, 3.8) is 0 Å². The monoisotopic (exact) mass is 455 g/mol. The predicted molar refractivity (Wildman–Crippen MR) is 122 cm³/mol. The summed E-state index contributed by atoms with van der Waals surface area (Å²) in [5.41, 5.74) is -1.00. The number of ketones is 1. The van der Waals surface area contributed by atoms with Crippen molar-refractivity contribution < 1.29 is 18.3 Å². The van der Waals surface area contributed by atoms with Crippen LogP contribution in [0.15, 0.2) is 18.2 Å². The second-order valence-corrected chi connectivity index (χ2v) is 11.6. The first-order chi connectivity index (χ1) is 15.8. The molecule has 0 spiro atoms. The highest BCUT2D eigenvalue weighted by Crippen LogP contribution is 2.66. The van der Waals surface area contributed by atoms with Gasteiger partial charge in [-0.2, -0.15) is 5.26 Å². The number of ether oxygens (including phenoxy) is 1. The van der Waals surface area contributed by atoms with Gasteiger partial charge >= 0.3 is 0 Å². The van der Waals surface area contributed by atoms with Gasteiger partial charge in [0.2, 0.25) is 0 Å². The van der Waals surface area contributed by atoms with Crippen LogP contribution in [0.5, 0.6) is 5.75 Å². The summed E-state index contributed by atoms with van der Waals surface area (Å²) in [6.07, 6.45) is 8.48. The Hall–Kier alpha value is -1.96. The van der Waals surface area contributed by atoms with Crippen LogP contribution in [-0.2, 0) is 4.79 Å². The average molecular weight is 456 g/mol. The molecule has 0 aromatic heterocycles. The number of carbonyl (C=O) groups is 1. The van der Waals surface area contributed by atoms with Crippen LogP contribution in [0.1, 0.15) is 77.2 Å². The van der Waals surface area contributed by atoms with E-state index < -0.39 is 11.5 Å². The fourth-order valence-corrected chi connectivity index (χ4v) is 8.49. The number of hydrogen-bond acceptors (Lipinski definition) is 3. The van der Waals surface area contributed by atoms with Gasteiger partial charge in [0, 0.05) is 5.92 Å². The quantitative estimate of drug-likeness (QED) is 0.511. The van der Waals surface area contributed by atoms with Crippen LogP contribution in [0.25, 0.3) is 0 Å². The van der Waals surface area contributed by atoms with Gasteiger partial charge in [-0.05, 0) is 111 Å². The summed E-state index contributed by atoms with van der Waals surface area (Å²) in [5.74, 6) is 1.53. The van der Waals surface area contributed by atoms with Crippen molar-refractivity contribution >= 4 is 5.78 Å². The normalized spacial score (nSPS) is 41.9.